The van der Waals surface area contributed by atoms with Gasteiger partial charge in [0.1, 0.15) is 12.2 Å². The second-order valence-electron chi connectivity index (χ2n) is 6.31. The molecule has 0 atom stereocenters. The van der Waals surface area contributed by atoms with Crippen LogP contribution in [0.5, 0.6) is 0 Å². The second-order valence-corrected chi connectivity index (χ2v) is 7.04. The Bertz CT molecular complexity index is 600. The van der Waals surface area contributed by atoms with Gasteiger partial charge in [-0.05, 0) is 31.7 Å². The van der Waals surface area contributed by atoms with Crippen molar-refractivity contribution in [2.75, 3.05) is 18.0 Å². The van der Waals surface area contributed by atoms with Crippen LogP contribution in [-0.4, -0.2) is 32.4 Å². The molecule has 0 unspecified atom stereocenters. The van der Waals surface area contributed by atoms with Gasteiger partial charge in [0.25, 0.3) is 0 Å². The summed E-state index contributed by atoms with van der Waals surface area (Å²) in [5.41, 5.74) is 1.18. The fourth-order valence-electron chi connectivity index (χ4n) is 3.61. The highest BCUT2D eigenvalue weighted by Gasteiger charge is 2.26. The third-order valence-corrected chi connectivity index (χ3v) is 5.73. The van der Waals surface area contributed by atoms with Crippen molar-refractivity contribution in [2.24, 2.45) is 0 Å². The summed E-state index contributed by atoms with van der Waals surface area (Å²) in [6.45, 7) is 2.10. The first-order chi connectivity index (χ1) is 10.9. The van der Waals surface area contributed by atoms with Crippen LogP contribution < -0.4 is 4.90 Å². The molecule has 2 aliphatic rings. The van der Waals surface area contributed by atoms with Crippen molar-refractivity contribution in [3.05, 3.63) is 30.1 Å². The molecule has 0 N–H and O–H groups in total. The number of piperidine rings is 1. The Hall–Kier alpha value is -1.56. The molecule has 0 spiro atoms. The van der Waals surface area contributed by atoms with E-state index in [1.165, 1.54) is 31.4 Å². The van der Waals surface area contributed by atoms with E-state index < -0.39 is 0 Å². The van der Waals surface area contributed by atoms with E-state index in [0.717, 1.165) is 36.9 Å². The molecule has 1 saturated heterocycles. The largest absolute Gasteiger partial charge is 0.347 e. The van der Waals surface area contributed by atoms with Crippen molar-refractivity contribution in [1.29, 1.82) is 0 Å². The highest BCUT2D eigenvalue weighted by molar-refractivity contribution is 7.09. The van der Waals surface area contributed by atoms with Crippen LogP contribution in [0.15, 0.2) is 18.6 Å². The maximum Gasteiger partial charge on any atom is 0.205 e. The number of anilines is 1. The van der Waals surface area contributed by atoms with Gasteiger partial charge in [-0.15, -0.1) is 0 Å². The van der Waals surface area contributed by atoms with Gasteiger partial charge in [-0.25, -0.2) is 15.0 Å². The van der Waals surface area contributed by atoms with Crippen molar-refractivity contribution in [3.8, 4) is 0 Å². The average molecular weight is 315 g/mol. The Morgan fingerprint density at radius 1 is 1.05 bits per heavy atom. The van der Waals surface area contributed by atoms with Crippen LogP contribution in [0.2, 0.25) is 0 Å². The van der Waals surface area contributed by atoms with Gasteiger partial charge in [0, 0.05) is 48.3 Å². The molecule has 5 nitrogen and oxygen atoms in total. The monoisotopic (exact) mass is 315 g/mol. The van der Waals surface area contributed by atoms with E-state index in [1.807, 2.05) is 12.3 Å². The minimum absolute atomic E-state index is 0.557. The molecule has 22 heavy (non-hydrogen) atoms. The molecule has 2 aromatic heterocycles. The molecule has 0 radical (unpaired) electrons. The predicted octanol–water partition coefficient (Wildman–Crippen LogP) is 3.37. The molecule has 2 aromatic rings. The van der Waals surface area contributed by atoms with Crippen molar-refractivity contribution in [1.82, 2.24) is 19.3 Å². The highest BCUT2D eigenvalue weighted by atomic mass is 32.1. The SMILES string of the molecule is c1cc(C2CCN(c3nc(C4CCCC4)ns3)CC2)ncn1. The van der Waals surface area contributed by atoms with Crippen LogP contribution in [0.3, 0.4) is 0 Å². The minimum atomic E-state index is 0.557. The van der Waals surface area contributed by atoms with E-state index in [2.05, 4.69) is 19.2 Å². The molecular weight excluding hydrogens is 294 g/mol. The first-order valence-corrected chi connectivity index (χ1v) is 9.02. The lowest BCUT2D eigenvalue weighted by Crippen LogP contribution is -2.33. The Morgan fingerprint density at radius 3 is 2.59 bits per heavy atom. The zero-order valence-electron chi connectivity index (χ0n) is 12.7. The fourth-order valence-corrected chi connectivity index (χ4v) is 4.41. The highest BCUT2D eigenvalue weighted by Crippen LogP contribution is 2.35. The van der Waals surface area contributed by atoms with E-state index in [9.17, 15) is 0 Å². The molecule has 0 bridgehead atoms. The standard InChI is InChI=1S/C16H21N5S/c1-2-4-13(3-1)15-19-16(22-20-15)21-9-6-12(7-10-21)14-5-8-17-11-18-14/h5,8,11-13H,1-4,6-7,9-10H2. The van der Waals surface area contributed by atoms with Gasteiger partial charge in [0.2, 0.25) is 5.13 Å². The summed E-state index contributed by atoms with van der Waals surface area (Å²) in [6, 6.07) is 2.05. The van der Waals surface area contributed by atoms with Crippen molar-refractivity contribution >= 4 is 16.7 Å². The summed E-state index contributed by atoms with van der Waals surface area (Å²) in [6.07, 6.45) is 11.0. The molecule has 1 aliphatic heterocycles. The van der Waals surface area contributed by atoms with E-state index in [-0.39, 0.29) is 0 Å². The van der Waals surface area contributed by atoms with Crippen LogP contribution >= 0.6 is 11.5 Å². The number of nitrogens with zero attached hydrogens (tertiary/aromatic N) is 5. The molecule has 4 rings (SSSR count). The summed E-state index contributed by atoms with van der Waals surface area (Å²) in [5, 5.41) is 1.11. The molecule has 2 fully saturated rings. The van der Waals surface area contributed by atoms with Gasteiger partial charge in [-0.3, -0.25) is 0 Å². The maximum absolute atomic E-state index is 4.82. The molecule has 1 saturated carbocycles. The van der Waals surface area contributed by atoms with Crippen LogP contribution in [0.4, 0.5) is 5.13 Å². The number of hydrogen-bond donors (Lipinski definition) is 0. The average Bonchev–Trinajstić information content (AvgIpc) is 3.27. The normalized spacial score (nSPS) is 20.6. The number of rotatable bonds is 3. The Morgan fingerprint density at radius 2 is 1.86 bits per heavy atom. The fraction of sp³-hybridized carbons (Fsp3) is 0.625. The van der Waals surface area contributed by atoms with Crippen molar-refractivity contribution in [3.63, 3.8) is 0 Å². The van der Waals surface area contributed by atoms with Gasteiger partial charge in [-0.2, -0.15) is 4.37 Å². The zero-order valence-corrected chi connectivity index (χ0v) is 13.5. The van der Waals surface area contributed by atoms with Gasteiger partial charge in [-0.1, -0.05) is 12.8 Å². The quantitative estimate of drug-likeness (QED) is 0.869. The number of aromatic nitrogens is 4. The molecule has 0 amide bonds. The minimum Gasteiger partial charge on any atom is -0.347 e. The molecule has 0 aromatic carbocycles. The van der Waals surface area contributed by atoms with Gasteiger partial charge >= 0.3 is 0 Å². The second kappa shape index (κ2) is 6.28. The van der Waals surface area contributed by atoms with Crippen LogP contribution in [-0.2, 0) is 0 Å². The summed E-state index contributed by atoms with van der Waals surface area (Å²) >= 11 is 1.58. The lowest BCUT2D eigenvalue weighted by Gasteiger charge is -2.31. The smallest absolute Gasteiger partial charge is 0.205 e. The zero-order chi connectivity index (χ0) is 14.8. The predicted molar refractivity (Wildman–Crippen MR) is 87.3 cm³/mol. The topological polar surface area (TPSA) is 54.8 Å². The number of hydrogen-bond acceptors (Lipinski definition) is 6. The lowest BCUT2D eigenvalue weighted by atomic mass is 9.93. The van der Waals surface area contributed by atoms with Crippen LogP contribution in [0.1, 0.15) is 61.9 Å². The van der Waals surface area contributed by atoms with E-state index in [0.29, 0.717) is 11.8 Å². The lowest BCUT2D eigenvalue weighted by molar-refractivity contribution is 0.494. The summed E-state index contributed by atoms with van der Waals surface area (Å²) in [4.78, 5) is 15.6. The van der Waals surface area contributed by atoms with Gasteiger partial charge in [0.05, 0.1) is 0 Å². The van der Waals surface area contributed by atoms with E-state index in [4.69, 9.17) is 4.98 Å². The molecule has 1 aliphatic carbocycles. The first-order valence-electron chi connectivity index (χ1n) is 8.24. The van der Waals surface area contributed by atoms with E-state index >= 15 is 0 Å². The van der Waals surface area contributed by atoms with Gasteiger partial charge in [0.15, 0.2) is 0 Å². The summed E-state index contributed by atoms with van der Waals surface area (Å²) in [7, 11) is 0. The third-order valence-electron chi connectivity index (χ3n) is 4.94. The first kappa shape index (κ1) is 14.1. The Kier molecular flexibility index (Phi) is 4.01. The molecule has 6 heteroatoms. The molecule has 116 valence electrons. The summed E-state index contributed by atoms with van der Waals surface area (Å²) in [5.74, 6) is 2.26. The maximum atomic E-state index is 4.82. The Labute approximate surface area is 135 Å². The van der Waals surface area contributed by atoms with Crippen LogP contribution in [0.25, 0.3) is 0 Å². The van der Waals surface area contributed by atoms with Crippen molar-refractivity contribution in [2.45, 2.75) is 50.4 Å². The Balaban J connectivity index is 1.39. The van der Waals surface area contributed by atoms with Crippen molar-refractivity contribution < 1.29 is 0 Å². The molecule has 3 heterocycles. The molecular formula is C16H21N5S. The van der Waals surface area contributed by atoms with Crippen LogP contribution in [0, 0.1) is 0 Å². The van der Waals surface area contributed by atoms with E-state index in [1.54, 1.807) is 17.9 Å². The van der Waals surface area contributed by atoms with Gasteiger partial charge < -0.3 is 4.90 Å². The summed E-state index contributed by atoms with van der Waals surface area (Å²) < 4.78 is 4.62. The third kappa shape index (κ3) is 2.84.